The van der Waals surface area contributed by atoms with Crippen LogP contribution in [0.4, 0.5) is 0 Å². The van der Waals surface area contributed by atoms with E-state index in [1.165, 1.54) is 5.39 Å². The van der Waals surface area contributed by atoms with Crippen LogP contribution in [0.5, 0.6) is 0 Å². The summed E-state index contributed by atoms with van der Waals surface area (Å²) in [6, 6.07) is 33.0. The first-order valence-electron chi connectivity index (χ1n) is 14.0. The Hall–Kier alpha value is -3.59. The summed E-state index contributed by atoms with van der Waals surface area (Å²) in [5, 5.41) is 2.36. The third-order valence-electron chi connectivity index (χ3n) is 4.68. The average Bonchev–Trinajstić information content (AvgIpc) is 3.60. The van der Waals surface area contributed by atoms with Crippen LogP contribution in [0.3, 0.4) is 0 Å². The van der Waals surface area contributed by atoms with Crippen molar-refractivity contribution in [1.29, 1.82) is 0 Å². The van der Waals surface area contributed by atoms with Crippen LogP contribution in [0.1, 0.15) is 82.7 Å². The Morgan fingerprint density at radius 2 is 1.23 bits per heavy atom. The van der Waals surface area contributed by atoms with E-state index in [2.05, 4.69) is 28.2 Å². The Balaban J connectivity index is 0. The number of hydrogen-bond donors (Lipinski definition) is 0. The van der Waals surface area contributed by atoms with Gasteiger partial charge in [0, 0.05) is 31.9 Å². The maximum Gasteiger partial charge on any atom is 0.171 e. The summed E-state index contributed by atoms with van der Waals surface area (Å²) in [5.41, 5.74) is 3.21. The molecule has 0 aliphatic carbocycles. The van der Waals surface area contributed by atoms with Gasteiger partial charge in [0.15, 0.2) is 5.78 Å². The topological polar surface area (TPSA) is 44.1 Å². The number of nitrogens with zero attached hydrogens (tertiary/aromatic N) is 2. The number of carbonyl (C=O) groups is 1. The number of pyridine rings is 1. The van der Waals surface area contributed by atoms with E-state index >= 15 is 0 Å². The number of carbonyl (C=O) groups excluding carboxylic acids is 1. The molecule has 0 spiro atoms. The first-order chi connectivity index (χ1) is 19.3. The number of rotatable bonds is 4. The molecule has 40 heavy (non-hydrogen) atoms. The van der Waals surface area contributed by atoms with Gasteiger partial charge in [-0.2, -0.15) is 6.20 Å². The van der Waals surface area contributed by atoms with Crippen LogP contribution in [-0.4, -0.2) is 10.8 Å². The van der Waals surface area contributed by atoms with Crippen molar-refractivity contribution in [3.8, 4) is 0 Å². The molecule has 215 valence electrons. The summed E-state index contributed by atoms with van der Waals surface area (Å²) in [6.07, 6.45) is 8.66. The number of benzene rings is 3. The van der Waals surface area contributed by atoms with Crippen LogP contribution in [-0.2, 0) is 20.1 Å². The largest absolute Gasteiger partial charge is 0.661 e. The first-order valence-corrected chi connectivity index (χ1v) is 14.0. The van der Waals surface area contributed by atoms with Gasteiger partial charge in [-0.25, -0.2) is 0 Å². The van der Waals surface area contributed by atoms with Gasteiger partial charge in [0.25, 0.3) is 0 Å². The Kier molecular flexibility index (Phi) is 24.7. The smallest absolute Gasteiger partial charge is 0.171 e. The minimum atomic E-state index is -0.0226. The van der Waals surface area contributed by atoms with Crippen LogP contribution < -0.4 is 4.98 Å². The maximum absolute atomic E-state index is 11.6. The number of aromatic nitrogens is 2. The molecule has 3 aromatic carbocycles. The molecular formula is C36H44IrN2O-2. The first kappa shape index (κ1) is 38.6. The van der Waals surface area contributed by atoms with Gasteiger partial charge >= 0.3 is 0 Å². The molecule has 0 saturated carbocycles. The molecule has 1 radical (unpaired) electrons. The third-order valence-corrected chi connectivity index (χ3v) is 4.68. The van der Waals surface area contributed by atoms with E-state index < -0.39 is 0 Å². The van der Waals surface area contributed by atoms with Gasteiger partial charge in [-0.1, -0.05) is 134 Å². The van der Waals surface area contributed by atoms with Crippen molar-refractivity contribution < 1.29 is 24.9 Å². The van der Waals surface area contributed by atoms with Crippen molar-refractivity contribution >= 4 is 22.6 Å². The summed E-state index contributed by atoms with van der Waals surface area (Å²) in [4.78, 5) is 20.0. The standard InChI is InChI=1S/C17H12N.C11H9NO.4C2H6.Ir/c1-2-6-14(7-3-1)10-11-17-16-9-5-4-8-15(16)12-13-18-17;13-11(10-7-4-8-12-10)9-5-2-1-3-6-9;4*1-2;/h1-9,11-13H;1-8H,(H,12,13);4*1-2H3;/q-1;;;;;;/p-1. The van der Waals surface area contributed by atoms with Gasteiger partial charge in [0.05, 0.1) is 0 Å². The van der Waals surface area contributed by atoms with Crippen LogP contribution in [0.15, 0.2) is 116 Å². The molecule has 0 atom stereocenters. The SMILES string of the molecule is CC.CC.CC.CC.O=C(c1ccccc1)c1ccc[n-]1.[C-](=Cc1nccc2ccccc12)c1ccccc1.[Ir]. The molecule has 0 aliphatic heterocycles. The second kappa shape index (κ2) is 25.7. The van der Waals surface area contributed by atoms with Crippen molar-refractivity contribution in [2.45, 2.75) is 55.4 Å². The van der Waals surface area contributed by atoms with Crippen LogP contribution >= 0.6 is 0 Å². The molecule has 0 saturated heterocycles. The molecule has 0 amide bonds. The van der Waals surface area contributed by atoms with E-state index in [1.807, 2.05) is 134 Å². The number of fused-ring (bicyclic) bond motifs is 1. The fraction of sp³-hybridized carbons (Fsp3) is 0.222. The molecule has 5 rings (SSSR count). The summed E-state index contributed by atoms with van der Waals surface area (Å²) >= 11 is 0. The average molecular weight is 713 g/mol. The van der Waals surface area contributed by atoms with Crippen molar-refractivity contribution in [2.75, 3.05) is 0 Å². The van der Waals surface area contributed by atoms with Crippen molar-refractivity contribution in [3.63, 3.8) is 0 Å². The predicted octanol–water partition coefficient (Wildman–Crippen LogP) is 10.1. The molecule has 4 heteroatoms. The predicted molar refractivity (Wildman–Crippen MR) is 170 cm³/mol. The minimum absolute atomic E-state index is 0. The van der Waals surface area contributed by atoms with Crippen molar-refractivity contribution in [3.05, 3.63) is 144 Å². The van der Waals surface area contributed by atoms with Gasteiger partial charge in [-0.3, -0.25) is 4.79 Å². The van der Waals surface area contributed by atoms with E-state index in [0.29, 0.717) is 11.3 Å². The van der Waals surface area contributed by atoms with Crippen LogP contribution in [0, 0.1) is 6.08 Å². The molecule has 5 aromatic rings. The summed E-state index contributed by atoms with van der Waals surface area (Å²) in [6.45, 7) is 16.0. The van der Waals surface area contributed by atoms with Gasteiger partial charge in [-0.05, 0) is 22.5 Å². The van der Waals surface area contributed by atoms with Crippen molar-refractivity contribution in [2.24, 2.45) is 0 Å². The van der Waals surface area contributed by atoms with Crippen LogP contribution in [0.2, 0.25) is 0 Å². The maximum atomic E-state index is 11.6. The van der Waals surface area contributed by atoms with Crippen LogP contribution in [0.25, 0.3) is 16.8 Å². The second-order valence-corrected chi connectivity index (χ2v) is 6.79. The molecule has 0 unspecified atom stereocenters. The summed E-state index contributed by atoms with van der Waals surface area (Å²) in [7, 11) is 0. The zero-order valence-corrected chi connectivity index (χ0v) is 27.6. The normalized spacial score (nSPS) is 8.80. The number of hydrogen-bond acceptors (Lipinski definition) is 2. The van der Waals surface area contributed by atoms with Crippen molar-refractivity contribution in [1.82, 2.24) is 9.97 Å². The Labute approximate surface area is 256 Å². The minimum Gasteiger partial charge on any atom is -0.661 e. The molecule has 3 nitrogen and oxygen atoms in total. The molecule has 0 aliphatic rings. The molecule has 2 aromatic heterocycles. The molecular weight excluding hydrogens is 669 g/mol. The van der Waals surface area contributed by atoms with Gasteiger partial charge < -0.3 is 9.97 Å². The van der Waals surface area contributed by atoms with E-state index in [-0.39, 0.29) is 25.9 Å². The fourth-order valence-electron chi connectivity index (χ4n) is 3.12. The zero-order valence-electron chi connectivity index (χ0n) is 25.2. The summed E-state index contributed by atoms with van der Waals surface area (Å²) in [5.74, 6) is -0.0226. The Morgan fingerprint density at radius 1 is 0.675 bits per heavy atom. The second-order valence-electron chi connectivity index (χ2n) is 6.79. The Bertz CT molecular complexity index is 1280. The van der Waals surface area contributed by atoms with E-state index in [4.69, 9.17) is 0 Å². The number of ketones is 1. The molecule has 0 bridgehead atoms. The fourth-order valence-corrected chi connectivity index (χ4v) is 3.12. The molecule has 0 N–H and O–H groups in total. The van der Waals surface area contributed by atoms with Gasteiger partial charge in [-0.15, -0.1) is 42.0 Å². The Morgan fingerprint density at radius 3 is 1.80 bits per heavy atom. The quantitative estimate of drug-likeness (QED) is 0.138. The monoisotopic (exact) mass is 713 g/mol. The zero-order chi connectivity index (χ0) is 29.3. The van der Waals surface area contributed by atoms with E-state index in [9.17, 15) is 4.79 Å². The van der Waals surface area contributed by atoms with E-state index in [0.717, 1.165) is 16.6 Å². The third kappa shape index (κ3) is 13.5. The summed E-state index contributed by atoms with van der Waals surface area (Å²) < 4.78 is 0. The van der Waals surface area contributed by atoms with Gasteiger partial charge in [0.2, 0.25) is 0 Å². The van der Waals surface area contributed by atoms with Gasteiger partial charge in [0.1, 0.15) is 0 Å². The molecule has 2 heterocycles. The molecule has 0 fully saturated rings. The van der Waals surface area contributed by atoms with E-state index in [1.54, 1.807) is 30.5 Å².